The van der Waals surface area contributed by atoms with Crippen molar-refractivity contribution in [3.63, 3.8) is 0 Å². The van der Waals surface area contributed by atoms with E-state index >= 15 is 0 Å². The standard InChI is InChI=1S/C16H11BrClN3O6/c17-11-5-15-14(26-8-27-15)3-9(11)6-19-20-16(22)7-25-13-2-1-10(18)4-12(13)21(23)24/h1-6H,7-8H2,(H,20,22). The molecule has 1 N–H and O–H groups in total. The van der Waals surface area contributed by atoms with Gasteiger partial charge in [-0.15, -0.1) is 0 Å². The third kappa shape index (κ3) is 4.66. The first-order valence-electron chi connectivity index (χ1n) is 7.42. The predicted molar refractivity (Wildman–Crippen MR) is 99.6 cm³/mol. The molecule has 0 radical (unpaired) electrons. The summed E-state index contributed by atoms with van der Waals surface area (Å²) in [5.41, 5.74) is 2.60. The van der Waals surface area contributed by atoms with Gasteiger partial charge in [0.15, 0.2) is 23.9 Å². The molecule has 11 heteroatoms. The molecule has 0 fully saturated rings. The number of carbonyl (C=O) groups is 1. The highest BCUT2D eigenvalue weighted by atomic mass is 79.9. The molecule has 0 aromatic heterocycles. The third-order valence-corrected chi connectivity index (χ3v) is 4.28. The molecule has 27 heavy (non-hydrogen) atoms. The second kappa shape index (κ2) is 8.23. The van der Waals surface area contributed by atoms with Crippen molar-refractivity contribution in [2.75, 3.05) is 13.4 Å². The number of carbonyl (C=O) groups excluding carboxylic acids is 1. The molecule has 1 heterocycles. The predicted octanol–water partition coefficient (Wildman–Crippen LogP) is 3.27. The molecule has 0 aliphatic carbocycles. The lowest BCUT2D eigenvalue weighted by Crippen LogP contribution is -2.24. The van der Waals surface area contributed by atoms with Crippen LogP contribution in [0, 0.1) is 10.1 Å². The van der Waals surface area contributed by atoms with Gasteiger partial charge >= 0.3 is 5.69 Å². The van der Waals surface area contributed by atoms with Crippen LogP contribution >= 0.6 is 27.5 Å². The van der Waals surface area contributed by atoms with Crippen LogP contribution in [0.5, 0.6) is 17.2 Å². The van der Waals surface area contributed by atoms with Gasteiger partial charge in [0.1, 0.15) is 0 Å². The van der Waals surface area contributed by atoms with E-state index in [0.29, 0.717) is 21.5 Å². The van der Waals surface area contributed by atoms with Crippen LogP contribution < -0.4 is 19.6 Å². The number of hydrazone groups is 1. The van der Waals surface area contributed by atoms with Gasteiger partial charge in [-0.25, -0.2) is 5.43 Å². The molecule has 2 aromatic carbocycles. The molecule has 9 nitrogen and oxygen atoms in total. The summed E-state index contributed by atoms with van der Waals surface area (Å²) >= 11 is 9.09. The van der Waals surface area contributed by atoms with Crippen LogP contribution in [0.25, 0.3) is 0 Å². The van der Waals surface area contributed by atoms with Gasteiger partial charge in [0, 0.05) is 21.1 Å². The van der Waals surface area contributed by atoms with Gasteiger partial charge in [0.2, 0.25) is 6.79 Å². The lowest BCUT2D eigenvalue weighted by atomic mass is 10.2. The normalized spacial score (nSPS) is 12.2. The highest BCUT2D eigenvalue weighted by Crippen LogP contribution is 2.36. The number of nitrogens with zero attached hydrogens (tertiary/aromatic N) is 2. The molecule has 0 spiro atoms. The van der Waals surface area contributed by atoms with Crippen LogP contribution in [0.15, 0.2) is 39.9 Å². The summed E-state index contributed by atoms with van der Waals surface area (Å²) in [6.45, 7) is -0.310. The second-order valence-corrected chi connectivity index (χ2v) is 6.47. The van der Waals surface area contributed by atoms with Gasteiger partial charge in [-0.2, -0.15) is 5.10 Å². The molecule has 140 valence electrons. The van der Waals surface area contributed by atoms with Gasteiger partial charge in [0.25, 0.3) is 5.91 Å². The molecule has 0 atom stereocenters. The van der Waals surface area contributed by atoms with E-state index in [1.165, 1.54) is 18.3 Å². The minimum Gasteiger partial charge on any atom is -0.477 e. The topological polar surface area (TPSA) is 112 Å². The molecule has 1 aliphatic rings. The number of ether oxygens (including phenoxy) is 3. The fourth-order valence-corrected chi connectivity index (χ4v) is 2.73. The molecule has 1 amide bonds. The Kier molecular flexibility index (Phi) is 5.77. The number of halogens is 2. The Morgan fingerprint density at radius 1 is 1.37 bits per heavy atom. The van der Waals surface area contributed by atoms with Gasteiger partial charge < -0.3 is 14.2 Å². The van der Waals surface area contributed by atoms with E-state index in [1.54, 1.807) is 12.1 Å². The van der Waals surface area contributed by atoms with E-state index in [0.717, 1.165) is 6.07 Å². The van der Waals surface area contributed by atoms with E-state index in [2.05, 4.69) is 26.5 Å². The number of nitro benzene ring substituents is 1. The van der Waals surface area contributed by atoms with Gasteiger partial charge in [0.05, 0.1) is 11.1 Å². The Bertz CT molecular complexity index is 937. The lowest BCUT2D eigenvalue weighted by Gasteiger charge is -2.06. The van der Waals surface area contributed by atoms with Crippen molar-refractivity contribution in [1.82, 2.24) is 5.43 Å². The molecular formula is C16H11BrClN3O6. The fraction of sp³-hybridized carbons (Fsp3) is 0.125. The van der Waals surface area contributed by atoms with Crippen molar-refractivity contribution in [2.24, 2.45) is 5.10 Å². The smallest absolute Gasteiger partial charge is 0.312 e. The summed E-state index contributed by atoms with van der Waals surface area (Å²) in [6.07, 6.45) is 1.41. The monoisotopic (exact) mass is 455 g/mol. The van der Waals surface area contributed by atoms with E-state index < -0.39 is 17.4 Å². The van der Waals surface area contributed by atoms with E-state index in [9.17, 15) is 14.9 Å². The zero-order valence-corrected chi connectivity index (χ0v) is 15.8. The third-order valence-electron chi connectivity index (χ3n) is 3.36. The minimum atomic E-state index is -0.644. The van der Waals surface area contributed by atoms with Crippen LogP contribution in [0.4, 0.5) is 5.69 Å². The number of nitrogens with one attached hydrogen (secondary N) is 1. The SMILES string of the molecule is O=C(COc1ccc(Cl)cc1[N+](=O)[O-])NN=Cc1cc2c(cc1Br)OCO2. The Morgan fingerprint density at radius 3 is 2.85 bits per heavy atom. The quantitative estimate of drug-likeness (QED) is 0.406. The maximum atomic E-state index is 11.8. The molecule has 3 rings (SSSR count). The molecular weight excluding hydrogens is 446 g/mol. The van der Waals surface area contributed by atoms with Gasteiger partial charge in [-0.05, 0) is 40.2 Å². The number of amides is 1. The molecule has 1 aliphatic heterocycles. The minimum absolute atomic E-state index is 0.0676. The molecule has 0 saturated heterocycles. The second-order valence-electron chi connectivity index (χ2n) is 5.18. The average Bonchev–Trinajstić information content (AvgIpc) is 3.07. The van der Waals surface area contributed by atoms with E-state index in [4.69, 9.17) is 25.8 Å². The van der Waals surface area contributed by atoms with Crippen LogP contribution in [0.1, 0.15) is 5.56 Å². The highest BCUT2D eigenvalue weighted by molar-refractivity contribution is 9.10. The van der Waals surface area contributed by atoms with E-state index in [1.807, 2.05) is 0 Å². The Hall–Kier alpha value is -2.85. The number of nitro groups is 1. The van der Waals surface area contributed by atoms with Crippen molar-refractivity contribution in [3.05, 3.63) is 55.5 Å². The number of fused-ring (bicyclic) bond motifs is 1. The van der Waals surface area contributed by atoms with E-state index in [-0.39, 0.29) is 23.3 Å². The van der Waals surface area contributed by atoms with Crippen molar-refractivity contribution in [2.45, 2.75) is 0 Å². The maximum absolute atomic E-state index is 11.8. The number of hydrogen-bond acceptors (Lipinski definition) is 7. The van der Waals surface area contributed by atoms with Crippen molar-refractivity contribution in [3.8, 4) is 17.2 Å². The number of rotatable bonds is 6. The summed E-state index contributed by atoms with van der Waals surface area (Å²) in [7, 11) is 0. The fourth-order valence-electron chi connectivity index (χ4n) is 2.14. The molecule has 2 aromatic rings. The first-order chi connectivity index (χ1) is 12.9. The summed E-state index contributed by atoms with van der Waals surface area (Å²) in [6, 6.07) is 7.33. The average molecular weight is 457 g/mol. The largest absolute Gasteiger partial charge is 0.477 e. The van der Waals surface area contributed by atoms with Crippen LogP contribution in [-0.4, -0.2) is 30.4 Å². The zero-order chi connectivity index (χ0) is 19.4. The molecule has 0 saturated carbocycles. The van der Waals surface area contributed by atoms with Crippen molar-refractivity contribution in [1.29, 1.82) is 0 Å². The Balaban J connectivity index is 1.58. The van der Waals surface area contributed by atoms with Gasteiger partial charge in [-0.1, -0.05) is 11.6 Å². The summed E-state index contributed by atoms with van der Waals surface area (Å²) in [5, 5.41) is 15.0. The van der Waals surface area contributed by atoms with Crippen LogP contribution in [0.3, 0.4) is 0 Å². The summed E-state index contributed by atoms with van der Waals surface area (Å²) in [4.78, 5) is 22.2. The van der Waals surface area contributed by atoms with Gasteiger partial charge in [-0.3, -0.25) is 14.9 Å². The summed E-state index contributed by atoms with van der Waals surface area (Å²) < 4.78 is 16.4. The first kappa shape index (κ1) is 18.9. The van der Waals surface area contributed by atoms with Crippen LogP contribution in [0.2, 0.25) is 5.02 Å². The first-order valence-corrected chi connectivity index (χ1v) is 8.59. The Labute approximate surface area is 166 Å². The lowest BCUT2D eigenvalue weighted by molar-refractivity contribution is -0.385. The maximum Gasteiger partial charge on any atom is 0.312 e. The number of hydrogen-bond donors (Lipinski definition) is 1. The Morgan fingerprint density at radius 2 is 2.11 bits per heavy atom. The zero-order valence-electron chi connectivity index (χ0n) is 13.5. The van der Waals surface area contributed by atoms with Crippen LogP contribution in [-0.2, 0) is 4.79 Å². The number of benzene rings is 2. The molecule has 0 unspecified atom stereocenters. The van der Waals surface area contributed by atoms with Crippen molar-refractivity contribution >= 4 is 45.3 Å². The summed E-state index contributed by atoms with van der Waals surface area (Å²) in [5.74, 6) is 0.528. The highest BCUT2D eigenvalue weighted by Gasteiger charge is 2.17. The van der Waals surface area contributed by atoms with Crippen molar-refractivity contribution < 1.29 is 23.9 Å². The molecule has 0 bridgehead atoms.